The summed E-state index contributed by atoms with van der Waals surface area (Å²) in [6.07, 6.45) is -2.01. The molecular formula is C16H11F3O. The fraction of sp³-hybridized carbons (Fsp3) is 0.125. The summed E-state index contributed by atoms with van der Waals surface area (Å²) in [5.74, 6) is 0.233. The molecule has 0 radical (unpaired) electrons. The van der Waals surface area contributed by atoms with Gasteiger partial charge in [0.15, 0.2) is 0 Å². The van der Waals surface area contributed by atoms with E-state index in [1.54, 1.807) is 42.5 Å². The van der Waals surface area contributed by atoms with Gasteiger partial charge in [-0.25, -0.2) is 0 Å². The second-order valence-electron chi connectivity index (χ2n) is 4.57. The molecule has 1 unspecified atom stereocenters. The molecule has 0 aliphatic carbocycles. The van der Waals surface area contributed by atoms with Crippen LogP contribution in [0.15, 0.2) is 60.7 Å². The summed E-state index contributed by atoms with van der Waals surface area (Å²) < 4.78 is 46.2. The molecule has 0 saturated carbocycles. The standard InChI is InChI=1S/C16H11F3O/c17-16(18,19)15(13-7-2-1-3-8-13)11-10-12-6-4-5-9-14(12)20-15/h1-11H. The Kier molecular flexibility index (Phi) is 2.82. The summed E-state index contributed by atoms with van der Waals surface area (Å²) in [7, 11) is 0. The van der Waals surface area contributed by atoms with Crippen LogP contribution < -0.4 is 4.74 Å². The molecule has 2 aromatic rings. The number of alkyl halides is 3. The van der Waals surface area contributed by atoms with Gasteiger partial charge in [-0.3, -0.25) is 0 Å². The van der Waals surface area contributed by atoms with Crippen molar-refractivity contribution in [2.24, 2.45) is 0 Å². The fourth-order valence-corrected chi connectivity index (χ4v) is 2.28. The monoisotopic (exact) mass is 276 g/mol. The topological polar surface area (TPSA) is 9.23 Å². The van der Waals surface area contributed by atoms with Crippen molar-refractivity contribution in [3.05, 3.63) is 71.8 Å². The Hall–Kier alpha value is -2.23. The summed E-state index contributed by atoms with van der Waals surface area (Å²) in [6, 6.07) is 14.3. The Balaban J connectivity index is 2.17. The molecule has 1 aliphatic heterocycles. The highest BCUT2D eigenvalue weighted by atomic mass is 19.4. The molecule has 0 aromatic heterocycles. The first-order chi connectivity index (χ1) is 9.53. The molecule has 102 valence electrons. The molecule has 0 fully saturated rings. The van der Waals surface area contributed by atoms with Crippen LogP contribution in [0.2, 0.25) is 0 Å². The van der Waals surface area contributed by atoms with Crippen LogP contribution in [0.1, 0.15) is 11.1 Å². The van der Waals surface area contributed by atoms with Crippen molar-refractivity contribution in [3.63, 3.8) is 0 Å². The van der Waals surface area contributed by atoms with E-state index in [0.29, 0.717) is 5.56 Å². The number of ether oxygens (including phenoxy) is 1. The summed E-state index contributed by atoms with van der Waals surface area (Å²) in [6.45, 7) is 0. The minimum absolute atomic E-state index is 0.0678. The zero-order chi connectivity index (χ0) is 14.2. The van der Waals surface area contributed by atoms with Crippen LogP contribution in [0.3, 0.4) is 0 Å². The van der Waals surface area contributed by atoms with Gasteiger partial charge in [0.2, 0.25) is 5.60 Å². The SMILES string of the molecule is FC(F)(F)C1(c2ccccc2)C=Cc2ccccc2O1. The van der Waals surface area contributed by atoms with E-state index in [9.17, 15) is 13.2 Å². The van der Waals surface area contributed by atoms with E-state index < -0.39 is 11.8 Å². The van der Waals surface area contributed by atoms with E-state index in [0.717, 1.165) is 6.08 Å². The summed E-state index contributed by atoms with van der Waals surface area (Å²) in [5.41, 5.74) is -1.72. The summed E-state index contributed by atoms with van der Waals surface area (Å²) >= 11 is 0. The Labute approximate surface area is 114 Å². The van der Waals surface area contributed by atoms with Crippen LogP contribution in [0, 0.1) is 0 Å². The van der Waals surface area contributed by atoms with Gasteiger partial charge in [-0.1, -0.05) is 54.6 Å². The second-order valence-corrected chi connectivity index (χ2v) is 4.57. The molecule has 0 amide bonds. The molecule has 2 aromatic carbocycles. The normalized spacial score (nSPS) is 21.1. The van der Waals surface area contributed by atoms with Gasteiger partial charge in [0.1, 0.15) is 5.75 Å². The summed E-state index contributed by atoms with van der Waals surface area (Å²) in [5, 5.41) is 0. The third-order valence-electron chi connectivity index (χ3n) is 3.31. The first-order valence-corrected chi connectivity index (χ1v) is 6.12. The molecule has 3 rings (SSSR count). The number of rotatable bonds is 1. The molecule has 0 bridgehead atoms. The molecule has 1 heterocycles. The van der Waals surface area contributed by atoms with Crippen molar-refractivity contribution in [1.29, 1.82) is 0 Å². The highest BCUT2D eigenvalue weighted by Crippen LogP contribution is 2.47. The van der Waals surface area contributed by atoms with Crippen molar-refractivity contribution >= 4 is 6.08 Å². The smallest absolute Gasteiger partial charge is 0.436 e. The predicted octanol–water partition coefficient (Wildman–Crippen LogP) is 4.55. The van der Waals surface area contributed by atoms with E-state index >= 15 is 0 Å². The maximum Gasteiger partial charge on any atom is 0.436 e. The van der Waals surface area contributed by atoms with Crippen LogP contribution in [0.25, 0.3) is 6.08 Å². The predicted molar refractivity (Wildman–Crippen MR) is 70.3 cm³/mol. The van der Waals surface area contributed by atoms with E-state index in [1.165, 1.54) is 18.2 Å². The maximum absolute atomic E-state index is 13.6. The minimum atomic E-state index is -4.54. The van der Waals surface area contributed by atoms with Gasteiger partial charge in [0, 0.05) is 11.1 Å². The molecule has 20 heavy (non-hydrogen) atoms. The number of hydrogen-bond acceptors (Lipinski definition) is 1. The lowest BCUT2D eigenvalue weighted by atomic mass is 9.89. The van der Waals surface area contributed by atoms with Crippen molar-refractivity contribution in [3.8, 4) is 5.75 Å². The first-order valence-electron chi connectivity index (χ1n) is 6.12. The van der Waals surface area contributed by atoms with Gasteiger partial charge in [-0.05, 0) is 12.1 Å². The fourth-order valence-electron chi connectivity index (χ4n) is 2.28. The van der Waals surface area contributed by atoms with Crippen LogP contribution in [-0.2, 0) is 5.60 Å². The second kappa shape index (κ2) is 4.40. The highest BCUT2D eigenvalue weighted by molar-refractivity contribution is 5.62. The third kappa shape index (κ3) is 1.88. The largest absolute Gasteiger partial charge is 0.468 e. The van der Waals surface area contributed by atoms with E-state index in [4.69, 9.17) is 4.74 Å². The zero-order valence-corrected chi connectivity index (χ0v) is 10.4. The van der Waals surface area contributed by atoms with Gasteiger partial charge in [0.05, 0.1) is 0 Å². The van der Waals surface area contributed by atoms with Crippen molar-refractivity contribution in [2.75, 3.05) is 0 Å². The highest BCUT2D eigenvalue weighted by Gasteiger charge is 2.58. The lowest BCUT2D eigenvalue weighted by Crippen LogP contribution is -2.46. The molecule has 1 atom stereocenters. The van der Waals surface area contributed by atoms with Crippen LogP contribution >= 0.6 is 0 Å². The van der Waals surface area contributed by atoms with Crippen LogP contribution in [0.5, 0.6) is 5.75 Å². The molecule has 0 spiro atoms. The Morgan fingerprint density at radius 2 is 1.50 bits per heavy atom. The van der Waals surface area contributed by atoms with E-state index in [-0.39, 0.29) is 11.3 Å². The molecule has 1 aliphatic rings. The molecule has 4 heteroatoms. The van der Waals surface area contributed by atoms with Gasteiger partial charge in [-0.15, -0.1) is 0 Å². The number of fused-ring (bicyclic) bond motifs is 1. The van der Waals surface area contributed by atoms with Gasteiger partial charge < -0.3 is 4.74 Å². The Morgan fingerprint density at radius 3 is 2.20 bits per heavy atom. The first kappa shape index (κ1) is 12.8. The molecule has 0 saturated heterocycles. The van der Waals surface area contributed by atoms with Gasteiger partial charge >= 0.3 is 6.18 Å². The number of benzene rings is 2. The van der Waals surface area contributed by atoms with Crippen molar-refractivity contribution in [2.45, 2.75) is 11.8 Å². The quantitative estimate of drug-likeness (QED) is 0.742. The molecule has 0 N–H and O–H groups in total. The Morgan fingerprint density at radius 1 is 0.850 bits per heavy atom. The number of hydrogen-bond donors (Lipinski definition) is 0. The zero-order valence-electron chi connectivity index (χ0n) is 10.4. The van der Waals surface area contributed by atoms with Crippen molar-refractivity contribution in [1.82, 2.24) is 0 Å². The lowest BCUT2D eigenvalue weighted by Gasteiger charge is -2.36. The molecular weight excluding hydrogens is 265 g/mol. The number of para-hydroxylation sites is 1. The van der Waals surface area contributed by atoms with Gasteiger partial charge in [0.25, 0.3) is 0 Å². The van der Waals surface area contributed by atoms with E-state index in [2.05, 4.69) is 0 Å². The van der Waals surface area contributed by atoms with Gasteiger partial charge in [-0.2, -0.15) is 13.2 Å². The molecule has 1 nitrogen and oxygen atoms in total. The van der Waals surface area contributed by atoms with E-state index in [1.807, 2.05) is 0 Å². The maximum atomic E-state index is 13.6. The lowest BCUT2D eigenvalue weighted by molar-refractivity contribution is -0.234. The van der Waals surface area contributed by atoms with Crippen molar-refractivity contribution < 1.29 is 17.9 Å². The summed E-state index contributed by atoms with van der Waals surface area (Å²) in [4.78, 5) is 0. The third-order valence-corrected chi connectivity index (χ3v) is 3.31. The number of halogens is 3. The van der Waals surface area contributed by atoms with Crippen LogP contribution in [0.4, 0.5) is 13.2 Å². The average Bonchev–Trinajstić information content (AvgIpc) is 2.46. The Bertz CT molecular complexity index is 646. The van der Waals surface area contributed by atoms with Crippen LogP contribution in [-0.4, -0.2) is 6.18 Å². The average molecular weight is 276 g/mol. The minimum Gasteiger partial charge on any atom is -0.468 e.